The van der Waals surface area contributed by atoms with Crippen LogP contribution in [0.1, 0.15) is 29.7 Å². The van der Waals surface area contributed by atoms with E-state index in [1.54, 1.807) is 0 Å². The van der Waals surface area contributed by atoms with Gasteiger partial charge in [0.1, 0.15) is 6.04 Å². The van der Waals surface area contributed by atoms with Gasteiger partial charge in [0.2, 0.25) is 5.91 Å². The highest BCUT2D eigenvalue weighted by molar-refractivity contribution is 6.05. The molecule has 3 nitrogen and oxygen atoms in total. The van der Waals surface area contributed by atoms with Gasteiger partial charge < -0.3 is 10.6 Å². The summed E-state index contributed by atoms with van der Waals surface area (Å²) in [5, 5.41) is 0. The largest absolute Gasteiger partial charge is 0.416 e. The fourth-order valence-corrected chi connectivity index (χ4v) is 2.92. The van der Waals surface area contributed by atoms with Crippen LogP contribution in [0.15, 0.2) is 48.5 Å². The molecule has 1 heterocycles. The van der Waals surface area contributed by atoms with E-state index in [-0.39, 0.29) is 5.91 Å². The minimum absolute atomic E-state index is 0.232. The molecule has 0 spiro atoms. The first-order valence-corrected chi connectivity index (χ1v) is 7.67. The highest BCUT2D eigenvalue weighted by Gasteiger charge is 2.46. The molecule has 1 aliphatic rings. The Kier molecular flexibility index (Phi) is 4.09. The molecule has 2 atom stereocenters. The number of hydrogen-bond donors (Lipinski definition) is 1. The van der Waals surface area contributed by atoms with E-state index in [0.717, 1.165) is 24.1 Å². The lowest BCUT2D eigenvalue weighted by Gasteiger charge is -2.45. The van der Waals surface area contributed by atoms with Gasteiger partial charge in [-0.25, -0.2) is 0 Å². The third kappa shape index (κ3) is 2.78. The van der Waals surface area contributed by atoms with Gasteiger partial charge >= 0.3 is 6.18 Å². The Morgan fingerprint density at radius 1 is 1.04 bits per heavy atom. The summed E-state index contributed by atoms with van der Waals surface area (Å²) in [5.41, 5.74) is 7.61. The molecule has 2 aromatic rings. The molecule has 3 rings (SSSR count). The SMILES string of the molecule is CCc1ccc(N2C(=O)[C@H](N)[C@H]2c2ccc(C(F)(F)F)cc2)cc1. The lowest BCUT2D eigenvalue weighted by Crippen LogP contribution is -2.63. The van der Waals surface area contributed by atoms with Gasteiger partial charge in [-0.2, -0.15) is 13.2 Å². The fourth-order valence-electron chi connectivity index (χ4n) is 2.92. The van der Waals surface area contributed by atoms with Crippen molar-refractivity contribution >= 4 is 11.6 Å². The van der Waals surface area contributed by atoms with E-state index in [0.29, 0.717) is 11.3 Å². The molecular weight excluding hydrogens is 317 g/mol. The number of halogens is 3. The Labute approximate surface area is 137 Å². The topological polar surface area (TPSA) is 46.3 Å². The van der Waals surface area contributed by atoms with Crippen molar-refractivity contribution in [2.24, 2.45) is 5.73 Å². The monoisotopic (exact) mass is 334 g/mol. The van der Waals surface area contributed by atoms with Gasteiger partial charge in [-0.1, -0.05) is 31.2 Å². The summed E-state index contributed by atoms with van der Waals surface area (Å²) in [6.07, 6.45) is -3.50. The Bertz CT molecular complexity index is 738. The number of hydrogen-bond acceptors (Lipinski definition) is 2. The van der Waals surface area contributed by atoms with Gasteiger partial charge in [0, 0.05) is 5.69 Å². The van der Waals surface area contributed by atoms with Crippen molar-refractivity contribution in [3.8, 4) is 0 Å². The number of alkyl halides is 3. The number of carbonyl (C=O) groups is 1. The van der Waals surface area contributed by atoms with Crippen molar-refractivity contribution in [1.82, 2.24) is 0 Å². The van der Waals surface area contributed by atoms with Crippen molar-refractivity contribution in [3.63, 3.8) is 0 Å². The van der Waals surface area contributed by atoms with Crippen LogP contribution in [0.3, 0.4) is 0 Å². The van der Waals surface area contributed by atoms with Gasteiger partial charge in [-0.15, -0.1) is 0 Å². The van der Waals surface area contributed by atoms with E-state index in [9.17, 15) is 18.0 Å². The maximum absolute atomic E-state index is 12.7. The molecule has 2 N–H and O–H groups in total. The standard InChI is InChI=1S/C18H17F3N2O/c1-2-11-3-9-14(10-4-11)23-16(15(22)17(23)24)12-5-7-13(8-6-12)18(19,20)21/h3-10,15-16H,2,22H2,1H3/t15-,16-/m1/s1. The van der Waals surface area contributed by atoms with E-state index in [1.807, 2.05) is 31.2 Å². The fraction of sp³-hybridized carbons (Fsp3) is 0.278. The molecule has 6 heteroatoms. The highest BCUT2D eigenvalue weighted by atomic mass is 19.4. The number of anilines is 1. The quantitative estimate of drug-likeness (QED) is 0.871. The molecule has 1 saturated heterocycles. The molecule has 0 aromatic heterocycles. The van der Waals surface area contributed by atoms with Crippen LogP contribution in [-0.2, 0) is 17.4 Å². The Hall–Kier alpha value is -2.34. The number of nitrogens with zero attached hydrogens (tertiary/aromatic N) is 1. The van der Waals surface area contributed by atoms with Crippen LogP contribution in [0, 0.1) is 0 Å². The van der Waals surface area contributed by atoms with Crippen LogP contribution < -0.4 is 10.6 Å². The molecule has 126 valence electrons. The van der Waals surface area contributed by atoms with Crippen molar-refractivity contribution in [3.05, 3.63) is 65.2 Å². The average molecular weight is 334 g/mol. The smallest absolute Gasteiger partial charge is 0.318 e. The minimum atomic E-state index is -4.38. The van der Waals surface area contributed by atoms with Crippen molar-refractivity contribution < 1.29 is 18.0 Å². The predicted molar refractivity (Wildman–Crippen MR) is 85.5 cm³/mol. The van der Waals surface area contributed by atoms with Crippen molar-refractivity contribution in [1.29, 1.82) is 0 Å². The summed E-state index contributed by atoms with van der Waals surface area (Å²) < 4.78 is 38.0. The lowest BCUT2D eigenvalue weighted by atomic mass is 9.88. The number of β-lactam (4-membered cyclic amide) rings is 1. The predicted octanol–water partition coefficient (Wildman–Crippen LogP) is 3.68. The second kappa shape index (κ2) is 5.94. The van der Waals surface area contributed by atoms with Crippen molar-refractivity contribution in [2.75, 3.05) is 4.90 Å². The van der Waals surface area contributed by atoms with E-state index in [4.69, 9.17) is 5.73 Å². The summed E-state index contributed by atoms with van der Waals surface area (Å²) in [5.74, 6) is -0.232. The van der Waals surface area contributed by atoms with Gasteiger partial charge in [0.15, 0.2) is 0 Å². The van der Waals surface area contributed by atoms with E-state index >= 15 is 0 Å². The van der Waals surface area contributed by atoms with Crippen LogP contribution >= 0.6 is 0 Å². The molecular formula is C18H17F3N2O. The normalized spacial score (nSPS) is 20.9. The molecule has 0 aliphatic carbocycles. The first-order chi connectivity index (χ1) is 11.3. The minimum Gasteiger partial charge on any atom is -0.318 e. The highest BCUT2D eigenvalue weighted by Crippen LogP contribution is 2.39. The molecule has 1 aliphatic heterocycles. The molecule has 0 saturated carbocycles. The van der Waals surface area contributed by atoms with Crippen LogP contribution in [0.2, 0.25) is 0 Å². The number of rotatable bonds is 3. The first kappa shape index (κ1) is 16.5. The van der Waals surface area contributed by atoms with Crippen molar-refractivity contribution in [2.45, 2.75) is 31.6 Å². The number of nitrogens with two attached hydrogens (primary N) is 1. The summed E-state index contributed by atoms with van der Waals surface area (Å²) >= 11 is 0. The third-order valence-corrected chi connectivity index (χ3v) is 4.34. The summed E-state index contributed by atoms with van der Waals surface area (Å²) in [6, 6.07) is 11.1. The summed E-state index contributed by atoms with van der Waals surface area (Å²) in [4.78, 5) is 13.7. The molecule has 0 radical (unpaired) electrons. The van der Waals surface area contributed by atoms with E-state index in [1.165, 1.54) is 17.0 Å². The van der Waals surface area contributed by atoms with Gasteiger partial charge in [-0.3, -0.25) is 4.79 Å². The number of amides is 1. The molecule has 24 heavy (non-hydrogen) atoms. The van der Waals surface area contributed by atoms with Crippen LogP contribution in [0.5, 0.6) is 0 Å². The summed E-state index contributed by atoms with van der Waals surface area (Å²) in [6.45, 7) is 2.03. The molecule has 1 fully saturated rings. The maximum Gasteiger partial charge on any atom is 0.416 e. The number of benzene rings is 2. The molecule has 2 aromatic carbocycles. The Balaban J connectivity index is 1.89. The second-order valence-corrected chi connectivity index (χ2v) is 5.82. The second-order valence-electron chi connectivity index (χ2n) is 5.82. The number of aryl methyl sites for hydroxylation is 1. The van der Waals surface area contributed by atoms with Gasteiger partial charge in [-0.05, 0) is 41.8 Å². The van der Waals surface area contributed by atoms with Crippen LogP contribution in [-0.4, -0.2) is 11.9 Å². The number of carbonyl (C=O) groups excluding carboxylic acids is 1. The summed E-state index contributed by atoms with van der Waals surface area (Å²) in [7, 11) is 0. The lowest BCUT2D eigenvalue weighted by molar-refractivity contribution is -0.137. The third-order valence-electron chi connectivity index (χ3n) is 4.34. The van der Waals surface area contributed by atoms with Gasteiger partial charge in [0.05, 0.1) is 11.6 Å². The zero-order valence-corrected chi connectivity index (χ0v) is 13.0. The first-order valence-electron chi connectivity index (χ1n) is 7.67. The van der Waals surface area contributed by atoms with Crippen LogP contribution in [0.4, 0.5) is 18.9 Å². The van der Waals surface area contributed by atoms with Gasteiger partial charge in [0.25, 0.3) is 0 Å². The Morgan fingerprint density at radius 2 is 1.62 bits per heavy atom. The average Bonchev–Trinajstić information content (AvgIpc) is 2.58. The Morgan fingerprint density at radius 3 is 2.12 bits per heavy atom. The molecule has 0 unspecified atom stereocenters. The van der Waals surface area contributed by atoms with E-state index in [2.05, 4.69) is 0 Å². The maximum atomic E-state index is 12.7. The molecule has 1 amide bonds. The zero-order valence-electron chi connectivity index (χ0n) is 13.0. The van der Waals surface area contributed by atoms with Crippen LogP contribution in [0.25, 0.3) is 0 Å². The van der Waals surface area contributed by atoms with E-state index < -0.39 is 23.8 Å². The zero-order chi connectivity index (χ0) is 17.5. The molecule has 0 bridgehead atoms.